The van der Waals surface area contributed by atoms with Gasteiger partial charge in [-0.15, -0.1) is 0 Å². The highest BCUT2D eigenvalue weighted by Gasteiger charge is 2.29. The lowest BCUT2D eigenvalue weighted by Gasteiger charge is -2.25. The molecule has 0 radical (unpaired) electrons. The Labute approximate surface area is 260 Å². The summed E-state index contributed by atoms with van der Waals surface area (Å²) in [5.41, 5.74) is 8.93. The molecule has 2 heteroatoms. The van der Waals surface area contributed by atoms with Crippen molar-refractivity contribution in [3.63, 3.8) is 0 Å². The molecule has 0 saturated carbocycles. The van der Waals surface area contributed by atoms with Crippen LogP contribution in [0.25, 0.3) is 43.4 Å². The second-order valence-electron chi connectivity index (χ2n) is 11.7. The first kappa shape index (κ1) is 27.9. The van der Waals surface area contributed by atoms with Gasteiger partial charge in [0.2, 0.25) is 6.71 Å². The van der Waals surface area contributed by atoms with Crippen LogP contribution < -0.4 is 10.9 Å². The smallest absolute Gasteiger partial charge is 0.242 e. The van der Waals surface area contributed by atoms with Gasteiger partial charge in [-0.2, -0.15) is 0 Å². The maximum atomic E-state index is 5.75. The van der Waals surface area contributed by atoms with Crippen LogP contribution in [0.15, 0.2) is 152 Å². The molecule has 7 aromatic carbocycles. The highest BCUT2D eigenvalue weighted by atomic mass is 16.5. The maximum absolute atomic E-state index is 5.75. The molecule has 0 amide bonds. The van der Waals surface area contributed by atoms with Gasteiger partial charge >= 0.3 is 0 Å². The summed E-state index contributed by atoms with van der Waals surface area (Å²) in [6.07, 6.45) is 0.805. The molecular formula is C42H35BO. The van der Waals surface area contributed by atoms with Crippen molar-refractivity contribution < 1.29 is 4.74 Å². The number of ether oxygens (including phenoxy) is 1. The van der Waals surface area contributed by atoms with Crippen LogP contribution in [0.5, 0.6) is 0 Å². The average molecular weight is 567 g/mol. The van der Waals surface area contributed by atoms with E-state index in [1.54, 1.807) is 7.11 Å². The van der Waals surface area contributed by atoms with Crippen LogP contribution in [-0.2, 0) is 4.74 Å². The van der Waals surface area contributed by atoms with Crippen LogP contribution in [0.1, 0.15) is 23.1 Å². The van der Waals surface area contributed by atoms with Crippen molar-refractivity contribution in [2.45, 2.75) is 13.3 Å². The lowest BCUT2D eigenvalue weighted by molar-refractivity contribution is 0.206. The third-order valence-electron chi connectivity index (χ3n) is 8.84. The first-order valence-corrected chi connectivity index (χ1v) is 15.4. The van der Waals surface area contributed by atoms with Gasteiger partial charge in [0.15, 0.2) is 0 Å². The number of aryl methyl sites for hydroxylation is 1. The van der Waals surface area contributed by atoms with Crippen LogP contribution in [0.2, 0.25) is 0 Å². The molecule has 0 N–H and O–H groups in total. The van der Waals surface area contributed by atoms with E-state index < -0.39 is 0 Å². The van der Waals surface area contributed by atoms with E-state index in [-0.39, 0.29) is 6.71 Å². The Kier molecular flexibility index (Phi) is 7.84. The van der Waals surface area contributed by atoms with E-state index in [4.69, 9.17) is 4.74 Å². The first-order chi connectivity index (χ1) is 21.7. The summed E-state index contributed by atoms with van der Waals surface area (Å²) < 4.78 is 5.75. The lowest BCUT2D eigenvalue weighted by Crippen LogP contribution is -2.44. The molecule has 0 aromatic heterocycles. The highest BCUT2D eigenvalue weighted by molar-refractivity contribution is 7.01. The SMILES string of the molecule is COCC/C(=C(\B(c1ccc2ccccc2c1)c1ccc2ccccc2c1)c1ccc2ccccc2c1)c1ccc(C)cc1. The zero-order valence-corrected chi connectivity index (χ0v) is 25.3. The van der Waals surface area contributed by atoms with E-state index in [9.17, 15) is 0 Å². The third kappa shape index (κ3) is 5.57. The van der Waals surface area contributed by atoms with E-state index in [1.165, 1.54) is 71.0 Å². The Balaban J connectivity index is 1.58. The Bertz CT molecular complexity index is 2040. The van der Waals surface area contributed by atoms with Crippen LogP contribution in [0.4, 0.5) is 0 Å². The van der Waals surface area contributed by atoms with Gasteiger partial charge in [-0.3, -0.25) is 0 Å². The second kappa shape index (κ2) is 12.4. The molecule has 0 atom stereocenters. The quantitative estimate of drug-likeness (QED) is 0.132. The van der Waals surface area contributed by atoms with Gasteiger partial charge < -0.3 is 4.74 Å². The van der Waals surface area contributed by atoms with Crippen molar-refractivity contribution in [2.24, 2.45) is 0 Å². The van der Waals surface area contributed by atoms with Gasteiger partial charge in [0, 0.05) is 7.11 Å². The molecule has 44 heavy (non-hydrogen) atoms. The van der Waals surface area contributed by atoms with Gasteiger partial charge in [0.05, 0.1) is 6.61 Å². The normalized spacial score (nSPS) is 12.0. The molecule has 0 aliphatic heterocycles. The van der Waals surface area contributed by atoms with Crippen LogP contribution in [-0.4, -0.2) is 20.4 Å². The standard InChI is InChI=1S/C42H35BO/c1-30-15-17-34(18-16-30)41(25-26-44-2)42(38-20-19-31-9-3-6-12-35(31)27-38)43(39-23-21-32-10-4-7-13-36(32)28-39)40-24-22-33-11-5-8-14-37(33)29-40/h3-24,27-29H,25-26H2,1-2H3/b42-41+. The molecule has 0 aliphatic rings. The van der Waals surface area contributed by atoms with Crippen molar-refractivity contribution in [1.29, 1.82) is 0 Å². The van der Waals surface area contributed by atoms with E-state index in [0.717, 1.165) is 6.42 Å². The van der Waals surface area contributed by atoms with E-state index in [2.05, 4.69) is 159 Å². The number of benzene rings is 7. The molecule has 0 aliphatic carbocycles. The summed E-state index contributed by atoms with van der Waals surface area (Å²) in [6, 6.07) is 55.9. The zero-order chi connectivity index (χ0) is 29.9. The van der Waals surface area contributed by atoms with Crippen molar-refractivity contribution >= 4 is 61.0 Å². The number of methoxy groups -OCH3 is 1. The predicted octanol–water partition coefficient (Wildman–Crippen LogP) is 9.25. The molecule has 0 fully saturated rings. The zero-order valence-electron chi connectivity index (χ0n) is 25.3. The minimum Gasteiger partial charge on any atom is -0.384 e. The molecule has 7 rings (SSSR count). The van der Waals surface area contributed by atoms with Crippen molar-refractivity contribution in [3.8, 4) is 0 Å². The van der Waals surface area contributed by atoms with Gasteiger partial charge in [-0.25, -0.2) is 0 Å². The number of hydrogen-bond acceptors (Lipinski definition) is 1. The van der Waals surface area contributed by atoms with Crippen molar-refractivity contribution in [2.75, 3.05) is 13.7 Å². The fourth-order valence-corrected chi connectivity index (χ4v) is 6.57. The van der Waals surface area contributed by atoms with E-state index in [0.29, 0.717) is 6.61 Å². The van der Waals surface area contributed by atoms with Gasteiger partial charge in [0.25, 0.3) is 0 Å². The lowest BCUT2D eigenvalue weighted by atomic mass is 9.34. The van der Waals surface area contributed by atoms with E-state index >= 15 is 0 Å². The molecule has 0 spiro atoms. The minimum absolute atomic E-state index is 0.00136. The summed E-state index contributed by atoms with van der Waals surface area (Å²) in [5.74, 6) is 0. The summed E-state index contributed by atoms with van der Waals surface area (Å²) in [7, 11) is 1.80. The Hall–Kier alpha value is -4.92. The third-order valence-corrected chi connectivity index (χ3v) is 8.84. The van der Waals surface area contributed by atoms with Gasteiger partial charge in [-0.1, -0.05) is 168 Å². The Morgan fingerprint density at radius 1 is 0.500 bits per heavy atom. The van der Waals surface area contributed by atoms with Crippen LogP contribution in [0, 0.1) is 6.92 Å². The summed E-state index contributed by atoms with van der Waals surface area (Å²) in [6.45, 7) is 2.79. The largest absolute Gasteiger partial charge is 0.384 e. The molecule has 0 saturated heterocycles. The molecular weight excluding hydrogens is 531 g/mol. The number of rotatable bonds is 8. The topological polar surface area (TPSA) is 9.23 Å². The second-order valence-corrected chi connectivity index (χ2v) is 11.7. The van der Waals surface area contributed by atoms with Crippen molar-refractivity contribution in [1.82, 2.24) is 0 Å². The molecule has 0 bridgehead atoms. The minimum atomic E-state index is -0.00136. The molecule has 0 heterocycles. The molecule has 212 valence electrons. The monoisotopic (exact) mass is 566 g/mol. The first-order valence-electron chi connectivity index (χ1n) is 15.4. The maximum Gasteiger partial charge on any atom is 0.242 e. The highest BCUT2D eigenvalue weighted by Crippen LogP contribution is 2.34. The predicted molar refractivity (Wildman–Crippen MR) is 191 cm³/mol. The summed E-state index contributed by atoms with van der Waals surface area (Å²) in [5, 5.41) is 7.50. The van der Waals surface area contributed by atoms with Gasteiger partial charge in [0.1, 0.15) is 0 Å². The summed E-state index contributed by atoms with van der Waals surface area (Å²) in [4.78, 5) is 0. The average Bonchev–Trinajstić information content (AvgIpc) is 3.08. The van der Waals surface area contributed by atoms with E-state index in [1.807, 2.05) is 0 Å². The number of hydrogen-bond donors (Lipinski definition) is 0. The summed E-state index contributed by atoms with van der Waals surface area (Å²) >= 11 is 0. The Morgan fingerprint density at radius 3 is 1.48 bits per heavy atom. The number of fused-ring (bicyclic) bond motifs is 3. The molecule has 1 nitrogen and oxygen atoms in total. The fraction of sp³-hybridized carbons (Fsp3) is 0.0952. The van der Waals surface area contributed by atoms with Crippen molar-refractivity contribution in [3.05, 3.63) is 168 Å². The Morgan fingerprint density at radius 2 is 0.955 bits per heavy atom. The molecule has 7 aromatic rings. The van der Waals surface area contributed by atoms with Gasteiger partial charge in [-0.05, 0) is 68.4 Å². The van der Waals surface area contributed by atoms with Crippen LogP contribution in [0.3, 0.4) is 0 Å². The fourth-order valence-electron chi connectivity index (χ4n) is 6.57. The van der Waals surface area contributed by atoms with Crippen LogP contribution >= 0.6 is 0 Å². The molecule has 0 unspecified atom stereocenters.